The number of rotatable bonds is 5. The second kappa shape index (κ2) is 7.47. The summed E-state index contributed by atoms with van der Waals surface area (Å²) in [7, 11) is 0. The second-order valence-corrected chi connectivity index (χ2v) is 6.51. The zero-order valence-corrected chi connectivity index (χ0v) is 13.2. The zero-order chi connectivity index (χ0) is 15.2. The zero-order valence-electron chi connectivity index (χ0n) is 12.4. The summed E-state index contributed by atoms with van der Waals surface area (Å²) in [6.45, 7) is 1.86. The average molecular weight is 312 g/mol. The Kier molecular flexibility index (Phi) is 5.14. The molecule has 0 saturated carbocycles. The Bertz CT molecular complexity index is 607. The topological polar surface area (TPSA) is 41.1 Å². The number of hydrogen-bond acceptors (Lipinski definition) is 3. The Morgan fingerprint density at radius 2 is 1.91 bits per heavy atom. The number of nitrogens with one attached hydrogen (secondary N) is 2. The van der Waals surface area contributed by atoms with Crippen LogP contribution in [-0.2, 0) is 5.75 Å². The summed E-state index contributed by atoms with van der Waals surface area (Å²) in [4.78, 5) is 13.4. The van der Waals surface area contributed by atoms with Gasteiger partial charge in [-0.15, -0.1) is 11.8 Å². The third kappa shape index (κ3) is 4.12. The molecule has 114 valence electrons. The highest BCUT2D eigenvalue weighted by Gasteiger charge is 2.17. The Balaban J connectivity index is 1.54. The lowest BCUT2D eigenvalue weighted by molar-refractivity contribution is 0.0940. The van der Waals surface area contributed by atoms with Crippen LogP contribution >= 0.6 is 11.8 Å². The third-order valence-electron chi connectivity index (χ3n) is 3.76. The summed E-state index contributed by atoms with van der Waals surface area (Å²) >= 11 is 1.81. The largest absolute Gasteiger partial charge is 0.348 e. The van der Waals surface area contributed by atoms with Crippen LogP contribution < -0.4 is 10.6 Å². The first-order valence-electron chi connectivity index (χ1n) is 7.59. The molecule has 1 aliphatic rings. The number of carbonyl (C=O) groups is 1. The summed E-state index contributed by atoms with van der Waals surface area (Å²) in [5, 5.41) is 6.32. The van der Waals surface area contributed by atoms with Gasteiger partial charge < -0.3 is 10.6 Å². The maximum atomic E-state index is 12.1. The van der Waals surface area contributed by atoms with E-state index in [0.717, 1.165) is 30.8 Å². The molecule has 1 unspecified atom stereocenters. The van der Waals surface area contributed by atoms with Gasteiger partial charge in [0, 0.05) is 28.8 Å². The molecule has 1 heterocycles. The smallest absolute Gasteiger partial charge is 0.251 e. The Labute approximate surface area is 135 Å². The van der Waals surface area contributed by atoms with Crippen LogP contribution in [0.3, 0.4) is 0 Å². The predicted octanol–water partition coefficient (Wildman–Crippen LogP) is 3.07. The van der Waals surface area contributed by atoms with E-state index in [0.29, 0.717) is 0 Å². The van der Waals surface area contributed by atoms with Crippen molar-refractivity contribution in [3.8, 4) is 0 Å². The first kappa shape index (κ1) is 15.1. The molecule has 4 heteroatoms. The van der Waals surface area contributed by atoms with E-state index in [9.17, 15) is 4.79 Å². The van der Waals surface area contributed by atoms with Crippen molar-refractivity contribution in [3.05, 3.63) is 65.7 Å². The van der Waals surface area contributed by atoms with Gasteiger partial charge in [0.05, 0.1) is 0 Å². The number of amides is 1. The number of benzene rings is 2. The van der Waals surface area contributed by atoms with Gasteiger partial charge in [-0.3, -0.25) is 4.79 Å². The molecule has 2 N–H and O–H groups in total. The van der Waals surface area contributed by atoms with Gasteiger partial charge in [-0.2, -0.15) is 0 Å². The molecule has 2 aromatic carbocycles. The van der Waals surface area contributed by atoms with Gasteiger partial charge in [0.25, 0.3) is 5.91 Å². The Hall–Kier alpha value is -1.78. The van der Waals surface area contributed by atoms with Gasteiger partial charge in [0.1, 0.15) is 0 Å². The van der Waals surface area contributed by atoms with Crippen molar-refractivity contribution in [3.63, 3.8) is 0 Å². The predicted molar refractivity (Wildman–Crippen MR) is 91.2 cm³/mol. The Morgan fingerprint density at radius 3 is 2.59 bits per heavy atom. The molecule has 0 aliphatic carbocycles. The van der Waals surface area contributed by atoms with Crippen molar-refractivity contribution in [1.29, 1.82) is 0 Å². The van der Waals surface area contributed by atoms with Crippen molar-refractivity contribution in [2.75, 3.05) is 13.1 Å². The average Bonchev–Trinajstić information content (AvgIpc) is 3.07. The highest BCUT2D eigenvalue weighted by Crippen LogP contribution is 2.22. The minimum absolute atomic E-state index is 0.0240. The highest BCUT2D eigenvalue weighted by molar-refractivity contribution is 7.98. The van der Waals surface area contributed by atoms with Gasteiger partial charge in [-0.1, -0.05) is 30.3 Å². The third-order valence-corrected chi connectivity index (χ3v) is 4.84. The van der Waals surface area contributed by atoms with Crippen LogP contribution in [0.1, 0.15) is 22.3 Å². The fourth-order valence-corrected chi connectivity index (χ4v) is 3.36. The first-order chi connectivity index (χ1) is 10.8. The van der Waals surface area contributed by atoms with E-state index in [1.165, 1.54) is 10.5 Å². The van der Waals surface area contributed by atoms with Gasteiger partial charge in [0.2, 0.25) is 0 Å². The molecule has 1 amide bonds. The SMILES string of the molecule is O=C(NC1CCNC1)c1ccc(CSc2ccccc2)cc1. The minimum Gasteiger partial charge on any atom is -0.348 e. The van der Waals surface area contributed by atoms with Crippen LogP contribution in [0.2, 0.25) is 0 Å². The molecule has 3 rings (SSSR count). The molecule has 2 aromatic rings. The van der Waals surface area contributed by atoms with Crippen LogP contribution in [0, 0.1) is 0 Å². The lowest BCUT2D eigenvalue weighted by Crippen LogP contribution is -2.36. The summed E-state index contributed by atoms with van der Waals surface area (Å²) < 4.78 is 0. The van der Waals surface area contributed by atoms with Crippen LogP contribution in [0.15, 0.2) is 59.5 Å². The van der Waals surface area contributed by atoms with Gasteiger partial charge in [-0.25, -0.2) is 0 Å². The summed E-state index contributed by atoms with van der Waals surface area (Å²) in [5.74, 6) is 0.939. The van der Waals surface area contributed by atoms with E-state index in [4.69, 9.17) is 0 Å². The van der Waals surface area contributed by atoms with Crippen LogP contribution in [0.25, 0.3) is 0 Å². The molecule has 1 aliphatic heterocycles. The molecule has 0 aromatic heterocycles. The fraction of sp³-hybridized carbons (Fsp3) is 0.278. The molecular weight excluding hydrogens is 292 g/mol. The molecule has 0 spiro atoms. The summed E-state index contributed by atoms with van der Waals surface area (Å²) in [6.07, 6.45) is 1.01. The number of carbonyl (C=O) groups excluding carboxylic acids is 1. The Morgan fingerprint density at radius 1 is 1.14 bits per heavy atom. The van der Waals surface area contributed by atoms with Crippen molar-refractivity contribution < 1.29 is 4.79 Å². The van der Waals surface area contributed by atoms with Gasteiger partial charge >= 0.3 is 0 Å². The summed E-state index contributed by atoms with van der Waals surface area (Å²) in [6, 6.07) is 18.5. The fourth-order valence-electron chi connectivity index (χ4n) is 2.48. The quantitative estimate of drug-likeness (QED) is 0.834. The summed E-state index contributed by atoms with van der Waals surface area (Å²) in [5.41, 5.74) is 1.97. The maximum absolute atomic E-state index is 12.1. The highest BCUT2D eigenvalue weighted by atomic mass is 32.2. The molecule has 1 saturated heterocycles. The van der Waals surface area contributed by atoms with E-state index >= 15 is 0 Å². The van der Waals surface area contributed by atoms with E-state index in [1.54, 1.807) is 11.8 Å². The van der Waals surface area contributed by atoms with Gasteiger partial charge in [-0.05, 0) is 42.8 Å². The van der Waals surface area contributed by atoms with E-state index in [1.807, 2.05) is 42.5 Å². The lowest BCUT2D eigenvalue weighted by atomic mass is 10.1. The first-order valence-corrected chi connectivity index (χ1v) is 8.58. The molecule has 0 bridgehead atoms. The molecule has 22 heavy (non-hydrogen) atoms. The van der Waals surface area contributed by atoms with Crippen molar-refractivity contribution in [1.82, 2.24) is 10.6 Å². The van der Waals surface area contributed by atoms with Crippen LogP contribution in [0.5, 0.6) is 0 Å². The van der Waals surface area contributed by atoms with Crippen molar-refractivity contribution in [2.24, 2.45) is 0 Å². The molecule has 1 fully saturated rings. The van der Waals surface area contributed by atoms with E-state index in [-0.39, 0.29) is 11.9 Å². The van der Waals surface area contributed by atoms with Crippen molar-refractivity contribution >= 4 is 17.7 Å². The normalized spacial score (nSPS) is 17.4. The van der Waals surface area contributed by atoms with E-state index in [2.05, 4.69) is 22.8 Å². The molecule has 1 atom stereocenters. The van der Waals surface area contributed by atoms with Crippen molar-refractivity contribution in [2.45, 2.75) is 23.1 Å². The minimum atomic E-state index is 0.0240. The monoisotopic (exact) mass is 312 g/mol. The molecular formula is C18H20N2OS. The van der Waals surface area contributed by atoms with Crippen LogP contribution in [0.4, 0.5) is 0 Å². The van der Waals surface area contributed by atoms with E-state index < -0.39 is 0 Å². The standard InChI is InChI=1S/C18H20N2OS/c21-18(20-16-10-11-19-12-16)15-8-6-14(7-9-15)13-22-17-4-2-1-3-5-17/h1-9,16,19H,10-13H2,(H,20,21). The number of thioether (sulfide) groups is 1. The molecule has 0 radical (unpaired) electrons. The lowest BCUT2D eigenvalue weighted by Gasteiger charge is -2.11. The second-order valence-electron chi connectivity index (χ2n) is 5.46. The van der Waals surface area contributed by atoms with Crippen LogP contribution in [-0.4, -0.2) is 25.0 Å². The number of hydrogen-bond donors (Lipinski definition) is 2. The maximum Gasteiger partial charge on any atom is 0.251 e. The van der Waals surface area contributed by atoms with Gasteiger partial charge in [0.15, 0.2) is 0 Å². The molecule has 3 nitrogen and oxygen atoms in total.